The van der Waals surface area contributed by atoms with Crippen LogP contribution in [0, 0.1) is 6.92 Å². The van der Waals surface area contributed by atoms with Crippen LogP contribution in [0.4, 0.5) is 0 Å². The van der Waals surface area contributed by atoms with Gasteiger partial charge in [-0.25, -0.2) is 13.1 Å². The summed E-state index contributed by atoms with van der Waals surface area (Å²) in [4.78, 5) is 3.96. The third-order valence-electron chi connectivity index (χ3n) is 2.46. The van der Waals surface area contributed by atoms with Crippen molar-refractivity contribution in [3.8, 4) is 0 Å². The van der Waals surface area contributed by atoms with Gasteiger partial charge in [0.15, 0.2) is 0 Å². The van der Waals surface area contributed by atoms with Crippen LogP contribution in [0.1, 0.15) is 17.5 Å². The summed E-state index contributed by atoms with van der Waals surface area (Å²) >= 11 is 0. The Labute approximate surface area is 103 Å². The summed E-state index contributed by atoms with van der Waals surface area (Å²) in [7, 11) is -1.37. The lowest BCUT2D eigenvalue weighted by Crippen LogP contribution is -2.27. The summed E-state index contributed by atoms with van der Waals surface area (Å²) in [5.74, 6) is 0.151. The van der Waals surface area contributed by atoms with Crippen LogP contribution in [-0.2, 0) is 16.6 Å². The molecule has 17 heavy (non-hydrogen) atoms. The van der Waals surface area contributed by atoms with Gasteiger partial charge in [0.1, 0.15) is 0 Å². The topological polar surface area (TPSA) is 71.1 Å². The van der Waals surface area contributed by atoms with Crippen LogP contribution in [0.25, 0.3) is 0 Å². The summed E-state index contributed by atoms with van der Waals surface area (Å²) in [6.07, 6.45) is 4.00. The predicted molar refractivity (Wildman–Crippen MR) is 68.1 cm³/mol. The molecule has 0 aliphatic heterocycles. The summed E-state index contributed by atoms with van der Waals surface area (Å²) in [6.45, 7) is 2.95. The van der Waals surface area contributed by atoms with Crippen molar-refractivity contribution in [3.63, 3.8) is 0 Å². The number of pyridine rings is 1. The highest BCUT2D eigenvalue weighted by molar-refractivity contribution is 7.89. The molecule has 0 atom stereocenters. The second kappa shape index (κ2) is 6.68. The van der Waals surface area contributed by atoms with E-state index in [1.165, 1.54) is 0 Å². The van der Waals surface area contributed by atoms with Gasteiger partial charge in [-0.05, 0) is 44.1 Å². The van der Waals surface area contributed by atoms with Gasteiger partial charge in [0, 0.05) is 18.9 Å². The van der Waals surface area contributed by atoms with Crippen LogP contribution in [0.5, 0.6) is 0 Å². The molecule has 0 fully saturated rings. The molecule has 0 radical (unpaired) electrons. The lowest BCUT2D eigenvalue weighted by molar-refractivity contribution is 0.577. The Hall–Kier alpha value is -0.980. The number of hydrogen-bond acceptors (Lipinski definition) is 4. The van der Waals surface area contributed by atoms with Crippen LogP contribution >= 0.6 is 0 Å². The van der Waals surface area contributed by atoms with Crippen molar-refractivity contribution in [2.45, 2.75) is 19.9 Å². The third kappa shape index (κ3) is 5.25. The highest BCUT2D eigenvalue weighted by atomic mass is 32.2. The molecule has 0 amide bonds. The molecule has 0 saturated heterocycles. The molecule has 0 saturated carbocycles. The first-order valence-corrected chi connectivity index (χ1v) is 7.22. The lowest BCUT2D eigenvalue weighted by Gasteiger charge is -2.08. The minimum Gasteiger partial charge on any atom is -0.320 e. The number of rotatable bonds is 7. The number of nitrogens with one attached hydrogen (secondary N) is 2. The molecule has 1 aromatic rings. The van der Waals surface area contributed by atoms with E-state index < -0.39 is 10.0 Å². The average molecular weight is 257 g/mol. The van der Waals surface area contributed by atoms with Crippen LogP contribution < -0.4 is 10.0 Å². The molecule has 0 spiro atoms. The van der Waals surface area contributed by atoms with Gasteiger partial charge in [0.2, 0.25) is 10.0 Å². The summed E-state index contributed by atoms with van der Waals surface area (Å²) < 4.78 is 25.9. The Bertz CT molecular complexity index is 446. The summed E-state index contributed by atoms with van der Waals surface area (Å²) in [5.41, 5.74) is 1.95. The van der Waals surface area contributed by atoms with Crippen molar-refractivity contribution >= 4 is 10.0 Å². The summed E-state index contributed by atoms with van der Waals surface area (Å²) in [6, 6.07) is 1.82. The monoisotopic (exact) mass is 257 g/mol. The molecule has 0 unspecified atom stereocenters. The first-order chi connectivity index (χ1) is 8.05. The highest BCUT2D eigenvalue weighted by Gasteiger charge is 2.09. The molecule has 1 rings (SSSR count). The van der Waals surface area contributed by atoms with Gasteiger partial charge >= 0.3 is 0 Å². The fourth-order valence-electron chi connectivity index (χ4n) is 1.40. The SMILES string of the molecule is CNCCCS(=O)(=O)NCc1ccncc1C. The highest BCUT2D eigenvalue weighted by Crippen LogP contribution is 2.05. The fraction of sp³-hybridized carbons (Fsp3) is 0.545. The normalized spacial score (nSPS) is 11.6. The van der Waals surface area contributed by atoms with E-state index in [1.54, 1.807) is 19.4 Å². The minimum absolute atomic E-state index is 0.151. The standard InChI is InChI=1S/C11H19N3O2S/c1-10-8-13-6-4-11(10)9-14-17(15,16)7-3-5-12-2/h4,6,8,12,14H,3,5,7,9H2,1-2H3. The zero-order chi connectivity index (χ0) is 12.7. The number of hydrogen-bond donors (Lipinski definition) is 2. The molecule has 96 valence electrons. The maximum Gasteiger partial charge on any atom is 0.211 e. The van der Waals surface area contributed by atoms with E-state index in [2.05, 4.69) is 15.0 Å². The van der Waals surface area contributed by atoms with Gasteiger partial charge in [-0.3, -0.25) is 4.98 Å². The van der Waals surface area contributed by atoms with E-state index in [0.29, 0.717) is 19.5 Å². The molecule has 0 aliphatic carbocycles. The van der Waals surface area contributed by atoms with Crippen LogP contribution in [0.15, 0.2) is 18.5 Å². The maximum atomic E-state index is 11.6. The Morgan fingerprint density at radius 3 is 2.82 bits per heavy atom. The zero-order valence-electron chi connectivity index (χ0n) is 10.2. The third-order valence-corrected chi connectivity index (χ3v) is 3.87. The van der Waals surface area contributed by atoms with E-state index in [1.807, 2.05) is 13.0 Å². The quantitative estimate of drug-likeness (QED) is 0.694. The smallest absolute Gasteiger partial charge is 0.211 e. The van der Waals surface area contributed by atoms with E-state index in [9.17, 15) is 8.42 Å². The molecule has 5 nitrogen and oxygen atoms in total. The van der Waals surface area contributed by atoms with Crippen molar-refractivity contribution in [3.05, 3.63) is 29.6 Å². The van der Waals surface area contributed by atoms with Crippen molar-refractivity contribution < 1.29 is 8.42 Å². The van der Waals surface area contributed by atoms with Crippen molar-refractivity contribution in [2.75, 3.05) is 19.3 Å². The van der Waals surface area contributed by atoms with Gasteiger partial charge in [0.25, 0.3) is 0 Å². The molecular weight excluding hydrogens is 238 g/mol. The van der Waals surface area contributed by atoms with Gasteiger partial charge in [-0.2, -0.15) is 0 Å². The van der Waals surface area contributed by atoms with E-state index in [4.69, 9.17) is 0 Å². The van der Waals surface area contributed by atoms with Crippen LogP contribution in [0.3, 0.4) is 0 Å². The minimum atomic E-state index is -3.18. The number of aromatic nitrogens is 1. The van der Waals surface area contributed by atoms with E-state index in [0.717, 1.165) is 11.1 Å². The van der Waals surface area contributed by atoms with Crippen molar-refractivity contribution in [1.29, 1.82) is 0 Å². The number of sulfonamides is 1. The lowest BCUT2D eigenvalue weighted by atomic mass is 10.2. The largest absolute Gasteiger partial charge is 0.320 e. The Balaban J connectivity index is 2.47. The first kappa shape index (κ1) is 14.1. The first-order valence-electron chi connectivity index (χ1n) is 5.56. The van der Waals surface area contributed by atoms with Crippen molar-refractivity contribution in [1.82, 2.24) is 15.0 Å². The number of aryl methyl sites for hydroxylation is 1. The molecular formula is C11H19N3O2S. The summed E-state index contributed by atoms with van der Waals surface area (Å²) in [5, 5.41) is 2.92. The van der Waals surface area contributed by atoms with E-state index in [-0.39, 0.29) is 5.75 Å². The molecule has 0 bridgehead atoms. The molecule has 6 heteroatoms. The second-order valence-electron chi connectivity index (χ2n) is 3.90. The predicted octanol–water partition coefficient (Wildman–Crippen LogP) is 0.419. The van der Waals surface area contributed by atoms with E-state index >= 15 is 0 Å². The maximum absolute atomic E-state index is 11.6. The van der Waals surface area contributed by atoms with Crippen LogP contribution in [-0.4, -0.2) is 32.7 Å². The van der Waals surface area contributed by atoms with Gasteiger partial charge in [-0.1, -0.05) is 0 Å². The fourth-order valence-corrected chi connectivity index (χ4v) is 2.44. The van der Waals surface area contributed by atoms with Crippen LogP contribution in [0.2, 0.25) is 0 Å². The molecule has 0 aromatic carbocycles. The molecule has 2 N–H and O–H groups in total. The average Bonchev–Trinajstić information content (AvgIpc) is 2.28. The van der Waals surface area contributed by atoms with Gasteiger partial charge < -0.3 is 5.32 Å². The molecule has 1 aromatic heterocycles. The molecule has 0 aliphatic rings. The number of nitrogens with zero attached hydrogens (tertiary/aromatic N) is 1. The zero-order valence-corrected chi connectivity index (χ0v) is 11.0. The van der Waals surface area contributed by atoms with Gasteiger partial charge in [0.05, 0.1) is 5.75 Å². The molecule has 1 heterocycles. The Kier molecular flexibility index (Phi) is 5.54. The van der Waals surface area contributed by atoms with Crippen molar-refractivity contribution in [2.24, 2.45) is 0 Å². The Morgan fingerprint density at radius 2 is 2.18 bits per heavy atom. The second-order valence-corrected chi connectivity index (χ2v) is 5.83. The Morgan fingerprint density at radius 1 is 1.41 bits per heavy atom. The van der Waals surface area contributed by atoms with Gasteiger partial charge in [-0.15, -0.1) is 0 Å².